The van der Waals surface area contributed by atoms with Gasteiger partial charge in [-0.1, -0.05) is 35.9 Å². The zero-order valence-electron chi connectivity index (χ0n) is 13.7. The van der Waals surface area contributed by atoms with Gasteiger partial charge in [0.15, 0.2) is 6.61 Å². The first kappa shape index (κ1) is 19.7. The second kappa shape index (κ2) is 10.5. The highest BCUT2D eigenvalue weighted by molar-refractivity contribution is 6.31. The van der Waals surface area contributed by atoms with Crippen molar-refractivity contribution in [3.8, 4) is 6.07 Å². The molecule has 5 nitrogen and oxygen atoms in total. The van der Waals surface area contributed by atoms with Crippen LogP contribution in [0.4, 0.5) is 0 Å². The van der Waals surface area contributed by atoms with Crippen LogP contribution < -0.4 is 0 Å². The number of carbonyl (C=O) groups is 2. The van der Waals surface area contributed by atoms with E-state index in [2.05, 4.69) is 6.58 Å². The molecule has 1 amide bonds. The Kier molecular flexibility index (Phi) is 8.59. The number of benzene rings is 1. The average molecular weight is 349 g/mol. The summed E-state index contributed by atoms with van der Waals surface area (Å²) < 4.78 is 4.90. The third-order valence-electron chi connectivity index (χ3n) is 3.62. The van der Waals surface area contributed by atoms with Crippen LogP contribution in [0, 0.1) is 11.3 Å². The SMILES string of the molecule is C=CCCC(=O)N(C)[C@@H](CCc1ccccc1Cl)C(=O)OCC#N. The summed E-state index contributed by atoms with van der Waals surface area (Å²) in [5.74, 6) is -0.758. The van der Waals surface area contributed by atoms with Crippen molar-refractivity contribution in [2.45, 2.75) is 31.7 Å². The maximum absolute atomic E-state index is 12.2. The van der Waals surface area contributed by atoms with Gasteiger partial charge in [0.05, 0.1) is 0 Å². The Morgan fingerprint density at radius 3 is 2.79 bits per heavy atom. The molecule has 0 N–H and O–H groups in total. The molecule has 1 rings (SSSR count). The number of hydrogen-bond acceptors (Lipinski definition) is 4. The molecule has 0 aliphatic rings. The van der Waals surface area contributed by atoms with Crippen molar-refractivity contribution >= 4 is 23.5 Å². The first-order valence-electron chi connectivity index (χ1n) is 7.64. The summed E-state index contributed by atoms with van der Waals surface area (Å²) >= 11 is 6.13. The molecule has 0 saturated heterocycles. The molecule has 6 heteroatoms. The molecule has 0 fully saturated rings. The Morgan fingerprint density at radius 1 is 1.46 bits per heavy atom. The van der Waals surface area contributed by atoms with Crippen LogP contribution in [0.2, 0.25) is 5.02 Å². The number of ether oxygens (including phenoxy) is 1. The Bertz CT molecular complexity index is 625. The summed E-state index contributed by atoms with van der Waals surface area (Å²) in [6.45, 7) is 3.25. The fraction of sp³-hybridized carbons (Fsp3) is 0.389. The number of amides is 1. The predicted molar refractivity (Wildman–Crippen MR) is 92.3 cm³/mol. The van der Waals surface area contributed by atoms with Crippen LogP contribution in [0.25, 0.3) is 0 Å². The molecule has 0 radical (unpaired) electrons. The topological polar surface area (TPSA) is 70.4 Å². The molecule has 0 aromatic heterocycles. The third kappa shape index (κ3) is 6.05. The zero-order chi connectivity index (χ0) is 17.9. The minimum absolute atomic E-state index is 0.173. The maximum Gasteiger partial charge on any atom is 0.329 e. The second-order valence-corrected chi connectivity index (χ2v) is 5.65. The van der Waals surface area contributed by atoms with Crippen LogP contribution in [0.5, 0.6) is 0 Å². The average Bonchev–Trinajstić information content (AvgIpc) is 2.59. The smallest absolute Gasteiger partial charge is 0.329 e. The standard InChI is InChI=1S/C18H21ClN2O3/c1-3-4-9-17(22)21(2)16(18(23)24-13-12-20)11-10-14-7-5-6-8-15(14)19/h3,5-8,16H,1,4,9-11,13H2,2H3/t16-/m0/s1. The van der Waals surface area contributed by atoms with Gasteiger partial charge in [0.25, 0.3) is 0 Å². The summed E-state index contributed by atoms with van der Waals surface area (Å²) in [6, 6.07) is 8.34. The zero-order valence-corrected chi connectivity index (χ0v) is 14.5. The Hall–Kier alpha value is -2.32. The van der Waals surface area contributed by atoms with Crippen molar-refractivity contribution in [2.75, 3.05) is 13.7 Å². The minimum Gasteiger partial charge on any atom is -0.449 e. The van der Waals surface area contributed by atoms with E-state index in [1.807, 2.05) is 18.2 Å². The molecule has 0 aliphatic carbocycles. The lowest BCUT2D eigenvalue weighted by Gasteiger charge is -2.26. The molecule has 0 bridgehead atoms. The van der Waals surface area contributed by atoms with Crippen LogP contribution >= 0.6 is 11.6 Å². The molecular formula is C18H21ClN2O3. The van der Waals surface area contributed by atoms with E-state index in [-0.39, 0.29) is 18.9 Å². The lowest BCUT2D eigenvalue weighted by atomic mass is 10.0. The van der Waals surface area contributed by atoms with Gasteiger partial charge in [-0.15, -0.1) is 6.58 Å². The number of esters is 1. The van der Waals surface area contributed by atoms with Crippen LogP contribution in [-0.4, -0.2) is 36.5 Å². The number of allylic oxidation sites excluding steroid dienone is 1. The third-order valence-corrected chi connectivity index (χ3v) is 3.99. The molecule has 0 unspecified atom stereocenters. The largest absolute Gasteiger partial charge is 0.449 e. The minimum atomic E-state index is -0.757. The van der Waals surface area contributed by atoms with Crippen LogP contribution in [0.1, 0.15) is 24.8 Å². The van der Waals surface area contributed by atoms with Gasteiger partial charge in [0.2, 0.25) is 5.91 Å². The first-order valence-corrected chi connectivity index (χ1v) is 8.02. The van der Waals surface area contributed by atoms with Gasteiger partial charge in [0, 0.05) is 18.5 Å². The molecule has 1 aromatic rings. The lowest BCUT2D eigenvalue weighted by molar-refractivity contribution is -0.153. The number of rotatable bonds is 9. The number of aryl methyl sites for hydroxylation is 1. The number of nitriles is 1. The molecule has 128 valence electrons. The molecule has 1 aromatic carbocycles. The van der Waals surface area contributed by atoms with E-state index in [9.17, 15) is 9.59 Å². The van der Waals surface area contributed by atoms with Gasteiger partial charge in [-0.05, 0) is 30.9 Å². The van der Waals surface area contributed by atoms with E-state index in [1.54, 1.807) is 25.3 Å². The van der Waals surface area contributed by atoms with E-state index in [0.29, 0.717) is 24.3 Å². The fourth-order valence-corrected chi connectivity index (χ4v) is 2.47. The van der Waals surface area contributed by atoms with Gasteiger partial charge in [-0.3, -0.25) is 4.79 Å². The van der Waals surface area contributed by atoms with Crippen molar-refractivity contribution < 1.29 is 14.3 Å². The van der Waals surface area contributed by atoms with Crippen molar-refractivity contribution in [1.29, 1.82) is 5.26 Å². The molecular weight excluding hydrogens is 328 g/mol. The van der Waals surface area contributed by atoms with Gasteiger partial charge in [0.1, 0.15) is 12.1 Å². The second-order valence-electron chi connectivity index (χ2n) is 5.24. The number of nitrogens with zero attached hydrogens (tertiary/aromatic N) is 2. The van der Waals surface area contributed by atoms with E-state index in [1.165, 1.54) is 4.90 Å². The van der Waals surface area contributed by atoms with E-state index >= 15 is 0 Å². The molecule has 24 heavy (non-hydrogen) atoms. The lowest BCUT2D eigenvalue weighted by Crippen LogP contribution is -2.43. The highest BCUT2D eigenvalue weighted by Gasteiger charge is 2.27. The van der Waals surface area contributed by atoms with Crippen molar-refractivity contribution in [2.24, 2.45) is 0 Å². The fourth-order valence-electron chi connectivity index (χ4n) is 2.24. The molecule has 0 heterocycles. The maximum atomic E-state index is 12.2. The highest BCUT2D eigenvalue weighted by atomic mass is 35.5. The number of likely N-dealkylation sites (N-methyl/N-ethyl adjacent to an activating group) is 1. The predicted octanol–water partition coefficient (Wildman–Crippen LogP) is 3.13. The van der Waals surface area contributed by atoms with Gasteiger partial charge < -0.3 is 9.64 Å². The van der Waals surface area contributed by atoms with Crippen molar-refractivity contribution in [1.82, 2.24) is 4.90 Å². The van der Waals surface area contributed by atoms with Crippen molar-refractivity contribution in [3.05, 3.63) is 47.5 Å². The van der Waals surface area contributed by atoms with Crippen LogP contribution in [0.3, 0.4) is 0 Å². The van der Waals surface area contributed by atoms with E-state index in [0.717, 1.165) is 5.56 Å². The van der Waals surface area contributed by atoms with E-state index in [4.69, 9.17) is 21.6 Å². The van der Waals surface area contributed by atoms with Gasteiger partial charge >= 0.3 is 5.97 Å². The Labute approximate surface area is 147 Å². The van der Waals surface area contributed by atoms with Crippen LogP contribution in [0.15, 0.2) is 36.9 Å². The Balaban J connectivity index is 2.82. The number of halogens is 1. The summed E-state index contributed by atoms with van der Waals surface area (Å²) in [6.07, 6.45) is 3.34. The van der Waals surface area contributed by atoms with Crippen molar-refractivity contribution in [3.63, 3.8) is 0 Å². The summed E-state index contributed by atoms with van der Waals surface area (Å²) in [7, 11) is 1.57. The molecule has 0 spiro atoms. The van der Waals surface area contributed by atoms with Crippen LogP contribution in [-0.2, 0) is 20.7 Å². The summed E-state index contributed by atoms with van der Waals surface area (Å²) in [5, 5.41) is 9.18. The van der Waals surface area contributed by atoms with Gasteiger partial charge in [-0.2, -0.15) is 5.26 Å². The highest BCUT2D eigenvalue weighted by Crippen LogP contribution is 2.19. The normalized spacial score (nSPS) is 11.2. The molecule has 0 saturated carbocycles. The molecule has 0 aliphatic heterocycles. The monoisotopic (exact) mass is 348 g/mol. The molecule has 1 atom stereocenters. The number of carbonyl (C=O) groups excluding carboxylic acids is 2. The van der Waals surface area contributed by atoms with Gasteiger partial charge in [-0.25, -0.2) is 4.79 Å². The number of hydrogen-bond donors (Lipinski definition) is 0. The van der Waals surface area contributed by atoms with E-state index < -0.39 is 12.0 Å². The summed E-state index contributed by atoms with van der Waals surface area (Å²) in [5.41, 5.74) is 0.893. The Morgan fingerprint density at radius 2 is 2.17 bits per heavy atom. The summed E-state index contributed by atoms with van der Waals surface area (Å²) in [4.78, 5) is 25.8. The quantitative estimate of drug-likeness (QED) is 0.507. The first-order chi connectivity index (χ1) is 11.5.